The summed E-state index contributed by atoms with van der Waals surface area (Å²) in [6, 6.07) is 7.25. The maximum absolute atomic E-state index is 12.6. The van der Waals surface area contributed by atoms with Crippen LogP contribution in [0, 0.1) is 10.1 Å². The zero-order chi connectivity index (χ0) is 21.2. The van der Waals surface area contributed by atoms with Crippen LogP contribution in [0.25, 0.3) is 0 Å². The molecule has 8 nitrogen and oxygen atoms in total. The number of carbonyl (C=O) groups is 1. The number of hydrogen-bond donors (Lipinski definition) is 1. The monoisotopic (exact) mass is 445 g/mol. The highest BCUT2D eigenvalue weighted by molar-refractivity contribution is 7.89. The van der Waals surface area contributed by atoms with Crippen LogP contribution in [-0.4, -0.2) is 36.6 Å². The Kier molecular flexibility index (Phi) is 6.66. The van der Waals surface area contributed by atoms with Gasteiger partial charge in [0.1, 0.15) is 5.02 Å². The molecule has 0 atom stereocenters. The van der Waals surface area contributed by atoms with Crippen LogP contribution in [0.15, 0.2) is 41.3 Å². The van der Waals surface area contributed by atoms with Crippen molar-refractivity contribution in [2.45, 2.75) is 24.8 Å². The summed E-state index contributed by atoms with van der Waals surface area (Å²) < 4.78 is 26.4. The Labute approximate surface area is 172 Å². The van der Waals surface area contributed by atoms with Crippen molar-refractivity contribution >= 4 is 50.5 Å². The van der Waals surface area contributed by atoms with Gasteiger partial charge in [0.25, 0.3) is 11.6 Å². The molecule has 1 amide bonds. The van der Waals surface area contributed by atoms with Crippen LogP contribution in [0.1, 0.15) is 24.2 Å². The van der Waals surface area contributed by atoms with Crippen LogP contribution in [-0.2, 0) is 10.0 Å². The summed E-state index contributed by atoms with van der Waals surface area (Å²) in [6.07, 6.45) is 0. The normalized spacial score (nSPS) is 11.7. The first-order valence-electron chi connectivity index (χ1n) is 7.98. The van der Waals surface area contributed by atoms with Crippen LogP contribution in [0.2, 0.25) is 10.0 Å². The molecule has 0 radical (unpaired) electrons. The van der Waals surface area contributed by atoms with E-state index in [0.717, 1.165) is 12.1 Å². The second kappa shape index (κ2) is 8.44. The van der Waals surface area contributed by atoms with Gasteiger partial charge in [-0.3, -0.25) is 14.9 Å². The Hall–Kier alpha value is -2.20. The standard InChI is InChI=1S/C17H17Cl2N3O5S/c1-10(2)21(3)28(26,27)12-5-7-14(18)13(9-12)17(23)20-11-4-6-15(19)16(8-11)22(24)25/h4-10H,1-3H3,(H,20,23). The molecule has 0 fully saturated rings. The van der Waals surface area contributed by atoms with Crippen molar-refractivity contribution in [2.24, 2.45) is 0 Å². The number of nitrogens with one attached hydrogen (secondary N) is 1. The fourth-order valence-corrected chi connectivity index (χ4v) is 4.00. The summed E-state index contributed by atoms with van der Waals surface area (Å²) in [5.41, 5.74) is -0.345. The lowest BCUT2D eigenvalue weighted by Crippen LogP contribution is -2.33. The lowest BCUT2D eigenvalue weighted by atomic mass is 10.2. The van der Waals surface area contributed by atoms with E-state index < -0.39 is 20.9 Å². The highest BCUT2D eigenvalue weighted by Crippen LogP contribution is 2.29. The van der Waals surface area contributed by atoms with Gasteiger partial charge >= 0.3 is 0 Å². The molecule has 0 aromatic heterocycles. The first kappa shape index (κ1) is 22.1. The Morgan fingerprint density at radius 2 is 1.75 bits per heavy atom. The third kappa shape index (κ3) is 4.61. The first-order chi connectivity index (χ1) is 12.9. The van der Waals surface area contributed by atoms with Gasteiger partial charge in [0.15, 0.2) is 0 Å². The minimum atomic E-state index is -3.82. The quantitative estimate of drug-likeness (QED) is 0.529. The van der Waals surface area contributed by atoms with Crippen molar-refractivity contribution in [3.8, 4) is 0 Å². The van der Waals surface area contributed by atoms with E-state index in [4.69, 9.17) is 23.2 Å². The highest BCUT2D eigenvalue weighted by atomic mass is 35.5. The summed E-state index contributed by atoms with van der Waals surface area (Å²) >= 11 is 11.8. The molecule has 0 aliphatic heterocycles. The third-order valence-corrected chi connectivity index (χ3v) is 6.67. The number of benzene rings is 2. The van der Waals surface area contributed by atoms with Crippen LogP contribution < -0.4 is 5.32 Å². The van der Waals surface area contributed by atoms with E-state index in [2.05, 4.69) is 5.32 Å². The SMILES string of the molecule is CC(C)N(C)S(=O)(=O)c1ccc(Cl)c(C(=O)Nc2ccc(Cl)c([N+](=O)[O-])c2)c1. The van der Waals surface area contributed by atoms with Crippen LogP contribution >= 0.6 is 23.2 Å². The van der Waals surface area contributed by atoms with Crippen molar-refractivity contribution in [1.29, 1.82) is 0 Å². The number of sulfonamides is 1. The lowest BCUT2D eigenvalue weighted by molar-refractivity contribution is -0.384. The highest BCUT2D eigenvalue weighted by Gasteiger charge is 2.25. The van der Waals surface area contributed by atoms with Crippen molar-refractivity contribution in [3.05, 3.63) is 62.1 Å². The van der Waals surface area contributed by atoms with E-state index in [1.807, 2.05) is 0 Å². The largest absolute Gasteiger partial charge is 0.322 e. The van der Waals surface area contributed by atoms with Gasteiger partial charge in [-0.25, -0.2) is 8.42 Å². The van der Waals surface area contributed by atoms with Gasteiger partial charge in [-0.2, -0.15) is 4.31 Å². The molecule has 0 aliphatic carbocycles. The Bertz CT molecular complexity index is 1040. The van der Waals surface area contributed by atoms with Crippen LogP contribution in [0.5, 0.6) is 0 Å². The number of hydrogen-bond acceptors (Lipinski definition) is 5. The number of rotatable bonds is 6. The van der Waals surface area contributed by atoms with E-state index in [1.54, 1.807) is 13.8 Å². The van der Waals surface area contributed by atoms with Gasteiger partial charge in [0.2, 0.25) is 10.0 Å². The molecule has 2 aromatic carbocycles. The minimum absolute atomic E-state index is 0.0344. The molecular weight excluding hydrogens is 429 g/mol. The second-order valence-corrected chi connectivity index (χ2v) is 8.95. The van der Waals surface area contributed by atoms with Gasteiger partial charge in [-0.15, -0.1) is 0 Å². The molecule has 1 N–H and O–H groups in total. The number of amides is 1. The number of anilines is 1. The Morgan fingerprint density at radius 1 is 1.14 bits per heavy atom. The molecule has 2 aromatic rings. The van der Waals surface area contributed by atoms with Crippen molar-refractivity contribution < 1.29 is 18.1 Å². The predicted molar refractivity (Wildman–Crippen MR) is 108 cm³/mol. The molecule has 28 heavy (non-hydrogen) atoms. The minimum Gasteiger partial charge on any atom is -0.322 e. The summed E-state index contributed by atoms with van der Waals surface area (Å²) in [6.45, 7) is 3.43. The number of halogens is 2. The number of nitro groups is 1. The van der Waals surface area contributed by atoms with Gasteiger partial charge < -0.3 is 5.32 Å². The maximum atomic E-state index is 12.6. The number of nitrogens with zero attached hydrogens (tertiary/aromatic N) is 2. The van der Waals surface area contributed by atoms with E-state index in [-0.39, 0.29) is 37.9 Å². The first-order valence-corrected chi connectivity index (χ1v) is 10.2. The average Bonchev–Trinajstić information content (AvgIpc) is 2.62. The molecule has 150 valence electrons. The van der Waals surface area contributed by atoms with Gasteiger partial charge in [0.05, 0.1) is 20.4 Å². The van der Waals surface area contributed by atoms with E-state index in [1.165, 1.54) is 35.6 Å². The topological polar surface area (TPSA) is 110 Å². The fraction of sp³-hybridized carbons (Fsp3) is 0.235. The predicted octanol–water partition coefficient (Wildman–Crippen LogP) is 4.18. The summed E-state index contributed by atoms with van der Waals surface area (Å²) in [4.78, 5) is 22.8. The molecule has 0 aliphatic rings. The number of nitro benzene ring substituents is 1. The lowest BCUT2D eigenvalue weighted by Gasteiger charge is -2.21. The summed E-state index contributed by atoms with van der Waals surface area (Å²) in [5.74, 6) is -0.717. The van der Waals surface area contributed by atoms with E-state index in [0.29, 0.717) is 0 Å². The molecular formula is C17H17Cl2N3O5S. The molecule has 2 rings (SSSR count). The second-order valence-electron chi connectivity index (χ2n) is 6.13. The fourth-order valence-electron chi connectivity index (χ4n) is 2.21. The third-order valence-electron chi connectivity index (χ3n) is 3.99. The zero-order valence-electron chi connectivity index (χ0n) is 15.1. The Balaban J connectivity index is 2.39. The van der Waals surface area contributed by atoms with E-state index in [9.17, 15) is 23.3 Å². The van der Waals surface area contributed by atoms with Crippen molar-refractivity contribution in [2.75, 3.05) is 12.4 Å². The summed E-state index contributed by atoms with van der Waals surface area (Å²) in [7, 11) is -2.39. The van der Waals surface area contributed by atoms with Gasteiger partial charge in [-0.1, -0.05) is 23.2 Å². The molecule has 11 heteroatoms. The maximum Gasteiger partial charge on any atom is 0.289 e. The molecule has 0 spiro atoms. The molecule has 0 bridgehead atoms. The van der Waals surface area contributed by atoms with Crippen LogP contribution in [0.3, 0.4) is 0 Å². The molecule has 0 saturated carbocycles. The van der Waals surface area contributed by atoms with E-state index >= 15 is 0 Å². The van der Waals surface area contributed by atoms with Crippen molar-refractivity contribution in [1.82, 2.24) is 4.31 Å². The average molecular weight is 446 g/mol. The van der Waals surface area contributed by atoms with Gasteiger partial charge in [-0.05, 0) is 44.2 Å². The van der Waals surface area contributed by atoms with Gasteiger partial charge in [0, 0.05) is 24.8 Å². The zero-order valence-corrected chi connectivity index (χ0v) is 17.5. The summed E-state index contributed by atoms with van der Waals surface area (Å²) in [5, 5.41) is 13.4. The smallest absolute Gasteiger partial charge is 0.289 e. The molecule has 0 saturated heterocycles. The van der Waals surface area contributed by atoms with Crippen molar-refractivity contribution in [3.63, 3.8) is 0 Å². The number of carbonyl (C=O) groups excluding carboxylic acids is 1. The molecule has 0 unspecified atom stereocenters. The van der Waals surface area contributed by atoms with Crippen LogP contribution in [0.4, 0.5) is 11.4 Å². The molecule has 0 heterocycles. The Morgan fingerprint density at radius 3 is 2.32 bits per heavy atom.